The molecule has 6 nitrogen and oxygen atoms in total. The summed E-state index contributed by atoms with van der Waals surface area (Å²) in [6, 6.07) is 12.1. The van der Waals surface area contributed by atoms with E-state index in [9.17, 15) is 4.79 Å². The largest absolute Gasteiger partial charge is 0.469 e. The fraction of sp³-hybridized carbons (Fsp3) is 0.350. The number of rotatable bonds is 9. The van der Waals surface area contributed by atoms with Gasteiger partial charge in [-0.1, -0.05) is 42.1 Å². The summed E-state index contributed by atoms with van der Waals surface area (Å²) in [4.78, 5) is 11.5. The van der Waals surface area contributed by atoms with Gasteiger partial charge in [0.05, 0.1) is 25.0 Å². The number of thioether (sulfide) groups is 1. The van der Waals surface area contributed by atoms with E-state index < -0.39 is 0 Å². The van der Waals surface area contributed by atoms with Gasteiger partial charge in [-0.05, 0) is 31.9 Å². The number of carbonyl (C=O) groups is 1. The molecule has 0 bridgehead atoms. The first-order valence-corrected chi connectivity index (χ1v) is 9.97. The van der Waals surface area contributed by atoms with Crippen molar-refractivity contribution in [2.24, 2.45) is 0 Å². The quantitative estimate of drug-likeness (QED) is 0.310. The smallest absolute Gasteiger partial charge is 0.305 e. The maximum absolute atomic E-state index is 11.5. The zero-order valence-corrected chi connectivity index (χ0v) is 16.4. The van der Waals surface area contributed by atoms with Crippen molar-refractivity contribution in [3.05, 3.63) is 54.0 Å². The van der Waals surface area contributed by atoms with Crippen molar-refractivity contribution in [1.29, 1.82) is 0 Å². The summed E-state index contributed by atoms with van der Waals surface area (Å²) in [5.74, 6) is 2.22. The van der Waals surface area contributed by atoms with Crippen LogP contribution in [0.5, 0.6) is 0 Å². The van der Waals surface area contributed by atoms with E-state index in [1.54, 1.807) is 18.0 Å². The van der Waals surface area contributed by atoms with Crippen LogP contribution in [0.15, 0.2) is 52.2 Å². The summed E-state index contributed by atoms with van der Waals surface area (Å²) in [7, 11) is 0. The van der Waals surface area contributed by atoms with Gasteiger partial charge in [-0.2, -0.15) is 0 Å². The predicted molar refractivity (Wildman–Crippen MR) is 105 cm³/mol. The third-order valence-electron chi connectivity index (χ3n) is 4.06. The number of hydrogen-bond donors (Lipinski definition) is 0. The monoisotopic (exact) mass is 385 g/mol. The van der Waals surface area contributed by atoms with Gasteiger partial charge in [-0.3, -0.25) is 9.36 Å². The lowest BCUT2D eigenvalue weighted by Crippen LogP contribution is -2.06. The second kappa shape index (κ2) is 9.41. The molecule has 3 rings (SSSR count). The topological polar surface area (TPSA) is 70.2 Å². The molecule has 2 aromatic heterocycles. The van der Waals surface area contributed by atoms with Crippen molar-refractivity contribution in [2.75, 3.05) is 12.4 Å². The molecule has 0 atom stereocenters. The first-order chi connectivity index (χ1) is 13.2. The van der Waals surface area contributed by atoms with Crippen LogP contribution < -0.4 is 0 Å². The molecule has 0 radical (unpaired) electrons. The maximum atomic E-state index is 11.5. The van der Waals surface area contributed by atoms with E-state index in [-0.39, 0.29) is 5.97 Å². The molecule has 3 aromatic rings. The summed E-state index contributed by atoms with van der Waals surface area (Å²) < 4.78 is 12.5. The van der Waals surface area contributed by atoms with Gasteiger partial charge in [0.25, 0.3) is 0 Å². The lowest BCUT2D eigenvalue weighted by atomic mass is 10.2. The molecule has 0 saturated carbocycles. The minimum absolute atomic E-state index is 0.154. The Morgan fingerprint density at radius 2 is 2.04 bits per heavy atom. The summed E-state index contributed by atoms with van der Waals surface area (Å²) in [6.45, 7) is 4.83. The molecule has 2 heterocycles. The van der Waals surface area contributed by atoms with E-state index >= 15 is 0 Å². The zero-order valence-electron chi connectivity index (χ0n) is 15.6. The van der Waals surface area contributed by atoms with Crippen molar-refractivity contribution < 1.29 is 13.9 Å². The van der Waals surface area contributed by atoms with Gasteiger partial charge in [0, 0.05) is 12.2 Å². The third kappa shape index (κ3) is 5.01. The van der Waals surface area contributed by atoms with E-state index in [0.29, 0.717) is 19.6 Å². The van der Waals surface area contributed by atoms with Crippen molar-refractivity contribution in [2.45, 2.75) is 38.4 Å². The van der Waals surface area contributed by atoms with E-state index in [1.165, 1.54) is 5.56 Å². The molecule has 0 aliphatic rings. The van der Waals surface area contributed by atoms with Crippen molar-refractivity contribution in [3.63, 3.8) is 0 Å². The van der Waals surface area contributed by atoms with Gasteiger partial charge in [0.1, 0.15) is 5.76 Å². The highest BCUT2D eigenvalue weighted by atomic mass is 32.2. The molecule has 0 spiro atoms. The Kier molecular flexibility index (Phi) is 6.70. The second-order valence-electron chi connectivity index (χ2n) is 6.03. The Hall–Kier alpha value is -2.54. The van der Waals surface area contributed by atoms with Gasteiger partial charge >= 0.3 is 5.97 Å². The van der Waals surface area contributed by atoms with Crippen LogP contribution in [0.1, 0.15) is 31.1 Å². The van der Waals surface area contributed by atoms with Crippen LogP contribution in [-0.2, 0) is 16.1 Å². The Morgan fingerprint density at radius 3 is 2.74 bits per heavy atom. The number of carbonyl (C=O) groups excluding carboxylic acids is 1. The SMILES string of the molecule is CCOC(=O)CCCSc1nnc(-c2ccoc2C)n1Cc1ccccc1. The number of hydrogen-bond acceptors (Lipinski definition) is 6. The zero-order chi connectivity index (χ0) is 19.1. The molecule has 0 aliphatic carbocycles. The second-order valence-corrected chi connectivity index (χ2v) is 7.09. The summed E-state index contributed by atoms with van der Waals surface area (Å²) >= 11 is 1.60. The highest BCUT2D eigenvalue weighted by Crippen LogP contribution is 2.28. The fourth-order valence-corrected chi connectivity index (χ4v) is 3.61. The molecule has 0 amide bonds. The third-order valence-corrected chi connectivity index (χ3v) is 5.11. The average molecular weight is 385 g/mol. The first kappa shape index (κ1) is 19.2. The average Bonchev–Trinajstić information content (AvgIpc) is 3.26. The number of nitrogens with zero attached hydrogens (tertiary/aromatic N) is 3. The normalized spacial score (nSPS) is 10.9. The van der Waals surface area contributed by atoms with E-state index in [2.05, 4.69) is 26.9 Å². The Morgan fingerprint density at radius 1 is 1.22 bits per heavy atom. The number of esters is 1. The summed E-state index contributed by atoms with van der Waals surface area (Å²) in [5.41, 5.74) is 2.12. The van der Waals surface area contributed by atoms with Crippen molar-refractivity contribution in [3.8, 4) is 11.4 Å². The van der Waals surface area contributed by atoms with Gasteiger partial charge < -0.3 is 9.15 Å². The molecule has 142 valence electrons. The molecule has 1 aromatic carbocycles. The van der Waals surface area contributed by atoms with Crippen LogP contribution in [0, 0.1) is 6.92 Å². The molecular weight excluding hydrogens is 362 g/mol. The Labute approximate surface area is 162 Å². The molecule has 7 heteroatoms. The van der Waals surface area contributed by atoms with E-state index in [1.807, 2.05) is 38.1 Å². The standard InChI is InChI=1S/C20H23N3O3S/c1-3-25-18(24)10-7-13-27-20-22-21-19(17-11-12-26-15(17)2)23(20)14-16-8-5-4-6-9-16/h4-6,8-9,11-12H,3,7,10,13-14H2,1-2H3. The minimum Gasteiger partial charge on any atom is -0.469 e. The van der Waals surface area contributed by atoms with E-state index in [4.69, 9.17) is 9.15 Å². The predicted octanol–water partition coefficient (Wildman–Crippen LogP) is 4.33. The highest BCUT2D eigenvalue weighted by Gasteiger charge is 2.17. The molecule has 0 saturated heterocycles. The fourth-order valence-electron chi connectivity index (χ4n) is 2.73. The van der Waals surface area contributed by atoms with Crippen LogP contribution in [0.3, 0.4) is 0 Å². The lowest BCUT2D eigenvalue weighted by Gasteiger charge is -2.10. The summed E-state index contributed by atoms with van der Waals surface area (Å²) in [6.07, 6.45) is 2.82. The summed E-state index contributed by atoms with van der Waals surface area (Å²) in [5, 5.41) is 9.61. The maximum Gasteiger partial charge on any atom is 0.305 e. The van der Waals surface area contributed by atoms with Crippen LogP contribution in [0.2, 0.25) is 0 Å². The minimum atomic E-state index is -0.154. The van der Waals surface area contributed by atoms with Crippen LogP contribution in [0.25, 0.3) is 11.4 Å². The highest BCUT2D eigenvalue weighted by molar-refractivity contribution is 7.99. The number of aromatic nitrogens is 3. The van der Waals surface area contributed by atoms with Crippen LogP contribution >= 0.6 is 11.8 Å². The molecule has 27 heavy (non-hydrogen) atoms. The molecule has 0 aliphatic heterocycles. The first-order valence-electron chi connectivity index (χ1n) is 8.99. The Balaban J connectivity index is 1.76. The molecule has 0 fully saturated rings. The number of furan rings is 1. The molecular formula is C20H23N3O3S. The van der Waals surface area contributed by atoms with Gasteiger partial charge in [0.15, 0.2) is 11.0 Å². The Bertz CT molecular complexity index is 874. The van der Waals surface area contributed by atoms with Gasteiger partial charge in [-0.25, -0.2) is 0 Å². The lowest BCUT2D eigenvalue weighted by molar-refractivity contribution is -0.143. The number of aryl methyl sites for hydroxylation is 1. The van der Waals surface area contributed by atoms with Crippen LogP contribution in [-0.4, -0.2) is 33.1 Å². The van der Waals surface area contributed by atoms with Crippen molar-refractivity contribution in [1.82, 2.24) is 14.8 Å². The van der Waals surface area contributed by atoms with Gasteiger partial charge in [-0.15, -0.1) is 10.2 Å². The number of benzene rings is 1. The van der Waals surface area contributed by atoms with Crippen molar-refractivity contribution >= 4 is 17.7 Å². The number of ether oxygens (including phenoxy) is 1. The van der Waals surface area contributed by atoms with Crippen LogP contribution in [0.4, 0.5) is 0 Å². The van der Waals surface area contributed by atoms with E-state index in [0.717, 1.165) is 34.5 Å². The van der Waals surface area contributed by atoms with Gasteiger partial charge in [0.2, 0.25) is 0 Å². The molecule has 0 N–H and O–H groups in total. The molecule has 0 unspecified atom stereocenters.